The van der Waals surface area contributed by atoms with Gasteiger partial charge in [-0.3, -0.25) is 19.2 Å². The predicted molar refractivity (Wildman–Crippen MR) is 186 cm³/mol. The van der Waals surface area contributed by atoms with E-state index in [0.717, 1.165) is 6.08 Å². The fraction of sp³-hybridized carbons (Fsp3) is 0.500. The molecule has 1 aliphatic carbocycles. The van der Waals surface area contributed by atoms with Gasteiger partial charge in [-0.25, -0.2) is 4.99 Å². The summed E-state index contributed by atoms with van der Waals surface area (Å²) < 4.78 is 28.6. The van der Waals surface area contributed by atoms with Gasteiger partial charge in [0.25, 0.3) is 5.78 Å². The van der Waals surface area contributed by atoms with Gasteiger partial charge < -0.3 is 39.0 Å². The van der Waals surface area contributed by atoms with Crippen molar-refractivity contribution >= 4 is 29.2 Å². The zero-order valence-corrected chi connectivity index (χ0v) is 30.5. The van der Waals surface area contributed by atoms with Gasteiger partial charge in [-0.15, -0.1) is 0 Å². The Kier molecular flexibility index (Phi) is 11.8. The van der Waals surface area contributed by atoms with Crippen LogP contribution in [-0.4, -0.2) is 89.0 Å². The third kappa shape index (κ3) is 7.42. The number of aliphatic hydroxyl groups is 2. The second kappa shape index (κ2) is 15.3. The summed E-state index contributed by atoms with van der Waals surface area (Å²) in [6, 6.07) is 0. The molecule has 3 heterocycles. The molecule has 4 aliphatic rings. The van der Waals surface area contributed by atoms with E-state index in [1.54, 1.807) is 52.8 Å². The number of ketones is 3. The number of aliphatic imine (C=N–C) groups is 1. The van der Waals surface area contributed by atoms with Crippen LogP contribution in [0.4, 0.5) is 0 Å². The molecule has 13 heteroatoms. The Bertz CT molecular complexity index is 1750. The molecule has 276 valence electrons. The average Bonchev–Trinajstić information content (AvgIpc) is 3.35. The Morgan fingerprint density at radius 2 is 1.61 bits per heavy atom. The number of Topliss-reactive ketones (excluding diaryl/α,β-unsaturated/α-hetero) is 2. The molecule has 13 nitrogen and oxygen atoms in total. The number of rotatable bonds is 2. The first-order valence-electron chi connectivity index (χ1n) is 16.7. The highest BCUT2D eigenvalue weighted by Gasteiger charge is 2.51. The monoisotopic (exact) mass is 709 g/mol. The number of phenolic OH excluding ortho intramolecular Hbond substituents is 1. The molecular weight excluding hydrogens is 662 g/mol. The van der Waals surface area contributed by atoms with Crippen molar-refractivity contribution in [3.05, 3.63) is 70.2 Å². The van der Waals surface area contributed by atoms with Gasteiger partial charge in [0.1, 0.15) is 23.3 Å². The highest BCUT2D eigenvalue weighted by Crippen LogP contribution is 2.48. The van der Waals surface area contributed by atoms with E-state index in [2.05, 4.69) is 4.99 Å². The van der Waals surface area contributed by atoms with Gasteiger partial charge in [-0.05, 0) is 19.9 Å². The van der Waals surface area contributed by atoms with Gasteiger partial charge in [0.15, 0.2) is 5.78 Å². The number of carbonyl (C=O) groups excluding carboxylic acids is 4. The van der Waals surface area contributed by atoms with Crippen LogP contribution < -0.4 is 4.74 Å². The average molecular weight is 710 g/mol. The minimum absolute atomic E-state index is 0.000290. The van der Waals surface area contributed by atoms with Gasteiger partial charge in [0.05, 0.1) is 48.4 Å². The van der Waals surface area contributed by atoms with Crippen molar-refractivity contribution in [2.24, 2.45) is 28.7 Å². The summed E-state index contributed by atoms with van der Waals surface area (Å²) in [6.07, 6.45) is 4.92. The molecule has 0 amide bonds. The highest BCUT2D eigenvalue weighted by atomic mass is 16.7. The van der Waals surface area contributed by atoms with Gasteiger partial charge in [-0.2, -0.15) is 0 Å². The van der Waals surface area contributed by atoms with Crippen LogP contribution in [0.2, 0.25) is 0 Å². The van der Waals surface area contributed by atoms with Gasteiger partial charge in [0.2, 0.25) is 11.7 Å². The minimum atomic E-state index is -2.01. The Balaban J connectivity index is 1.88. The van der Waals surface area contributed by atoms with Crippen molar-refractivity contribution in [1.82, 2.24) is 0 Å². The number of ether oxygens (including phenoxy) is 5. The van der Waals surface area contributed by atoms with Crippen LogP contribution >= 0.6 is 0 Å². The van der Waals surface area contributed by atoms with Crippen molar-refractivity contribution < 1.29 is 58.2 Å². The van der Waals surface area contributed by atoms with Crippen molar-refractivity contribution in [1.29, 1.82) is 0 Å². The zero-order chi connectivity index (χ0) is 38.1. The molecule has 0 aromatic heterocycles. The summed E-state index contributed by atoms with van der Waals surface area (Å²) in [5.41, 5.74) is -0.738. The van der Waals surface area contributed by atoms with E-state index in [1.165, 1.54) is 47.3 Å². The molecule has 9 unspecified atom stereocenters. The van der Waals surface area contributed by atoms with Crippen LogP contribution in [0.15, 0.2) is 52.9 Å². The smallest absolute Gasteiger partial charge is 0.312 e. The maximum absolute atomic E-state index is 13.9. The van der Waals surface area contributed by atoms with Crippen LogP contribution in [0.25, 0.3) is 0 Å². The van der Waals surface area contributed by atoms with E-state index < -0.39 is 88.5 Å². The number of allylic oxidation sites excluding steroid dienone is 4. The standard InChI is InChI=1S/C38H47NO12/c1-17-12-11-13-18(2)37(48-10)39-24-16-25(41)27-28(33(24)45)32(44)22(6)35-29(27)36(46)38(8,51-35)49-15-14-26(47-9)19(3)34(50-23(7)40)21(5)31(43)20(4)30(17)42/h11-17,19-21,26,30-31,34,42-44H,1-10H3. The Morgan fingerprint density at radius 1 is 0.941 bits per heavy atom. The number of aromatic hydroxyl groups is 1. The first-order valence-corrected chi connectivity index (χ1v) is 16.7. The van der Waals surface area contributed by atoms with Crippen molar-refractivity contribution in [2.75, 3.05) is 14.2 Å². The molecule has 5 rings (SSSR count). The van der Waals surface area contributed by atoms with E-state index in [1.807, 2.05) is 0 Å². The lowest BCUT2D eigenvalue weighted by Gasteiger charge is -2.38. The quantitative estimate of drug-likeness (QED) is 0.364. The van der Waals surface area contributed by atoms with Crippen LogP contribution in [0.1, 0.15) is 85.1 Å². The lowest BCUT2D eigenvalue weighted by Crippen LogP contribution is -2.46. The van der Waals surface area contributed by atoms with E-state index in [0.29, 0.717) is 5.57 Å². The largest absolute Gasteiger partial charge is 0.507 e. The fourth-order valence-corrected chi connectivity index (χ4v) is 6.78. The molecule has 1 aromatic rings. The Morgan fingerprint density at radius 3 is 2.22 bits per heavy atom. The summed E-state index contributed by atoms with van der Waals surface area (Å²) in [5.74, 6) is -7.88. The van der Waals surface area contributed by atoms with Gasteiger partial charge in [0, 0.05) is 61.8 Å². The maximum Gasteiger partial charge on any atom is 0.312 e. The molecule has 5 bridgehead atoms. The molecule has 0 spiro atoms. The second-order valence-electron chi connectivity index (χ2n) is 13.5. The first kappa shape index (κ1) is 39.2. The van der Waals surface area contributed by atoms with Crippen LogP contribution in [-0.2, 0) is 23.7 Å². The Hall–Kier alpha value is -4.59. The number of hydrogen-bond donors (Lipinski definition) is 3. The Labute approximate surface area is 297 Å². The molecule has 1 aromatic carbocycles. The molecule has 3 aliphatic heterocycles. The lowest BCUT2D eigenvalue weighted by molar-refractivity contribution is -0.160. The number of fused-ring (bicyclic) bond motifs is 13. The molecule has 0 saturated carbocycles. The lowest BCUT2D eigenvalue weighted by atomic mass is 9.78. The third-order valence-corrected chi connectivity index (χ3v) is 9.93. The predicted octanol–water partition coefficient (Wildman–Crippen LogP) is 4.56. The van der Waals surface area contributed by atoms with Crippen LogP contribution in [0.5, 0.6) is 11.5 Å². The van der Waals surface area contributed by atoms with Crippen molar-refractivity contribution in [3.8, 4) is 11.5 Å². The minimum Gasteiger partial charge on any atom is -0.507 e. The number of carbonyl (C=O) groups is 4. The van der Waals surface area contributed by atoms with Crippen LogP contribution in [0, 0.1) is 30.6 Å². The zero-order valence-electron chi connectivity index (χ0n) is 30.5. The topological polar surface area (TPSA) is 187 Å². The molecule has 0 radical (unpaired) electrons. The number of hydrogen-bond acceptors (Lipinski definition) is 13. The van der Waals surface area contributed by atoms with Gasteiger partial charge in [-0.1, -0.05) is 45.9 Å². The molecular formula is C38H47NO12. The summed E-state index contributed by atoms with van der Waals surface area (Å²) >= 11 is 0. The summed E-state index contributed by atoms with van der Waals surface area (Å²) in [7, 11) is 2.77. The number of nitrogens with zero attached hydrogens (tertiary/aromatic N) is 1. The third-order valence-electron chi connectivity index (χ3n) is 9.93. The number of phenols is 1. The van der Waals surface area contributed by atoms with E-state index >= 15 is 0 Å². The highest BCUT2D eigenvalue weighted by molar-refractivity contribution is 6.30. The molecule has 0 saturated heterocycles. The summed E-state index contributed by atoms with van der Waals surface area (Å²) in [5, 5.41) is 33.9. The molecule has 9 atom stereocenters. The maximum atomic E-state index is 13.9. The first-order chi connectivity index (χ1) is 23.9. The summed E-state index contributed by atoms with van der Waals surface area (Å²) in [4.78, 5) is 57.9. The van der Waals surface area contributed by atoms with E-state index in [9.17, 15) is 34.5 Å². The molecule has 0 fully saturated rings. The number of esters is 1. The second-order valence-corrected chi connectivity index (χ2v) is 13.5. The van der Waals surface area contributed by atoms with E-state index in [4.69, 9.17) is 23.7 Å². The molecule has 3 N–H and O–H groups in total. The number of aliphatic hydroxyl groups excluding tert-OH is 2. The van der Waals surface area contributed by atoms with E-state index in [-0.39, 0.29) is 34.0 Å². The number of methoxy groups -OCH3 is 2. The van der Waals surface area contributed by atoms with Gasteiger partial charge >= 0.3 is 11.8 Å². The van der Waals surface area contributed by atoms with Crippen molar-refractivity contribution in [3.63, 3.8) is 0 Å². The normalized spacial score (nSPS) is 31.7. The summed E-state index contributed by atoms with van der Waals surface area (Å²) in [6.45, 7) is 12.7. The fourth-order valence-electron chi connectivity index (χ4n) is 6.78. The van der Waals surface area contributed by atoms with Crippen molar-refractivity contribution in [2.45, 2.75) is 85.6 Å². The number of benzene rings is 1. The van der Waals surface area contributed by atoms with Crippen LogP contribution in [0.3, 0.4) is 0 Å². The SMILES string of the molecule is COC1=NC2=CC(=O)c3c(c(O)c(C)c4c3C(=O)C(C)(OC=CC(OC)C(C)C(OC(C)=O)C(C)C(O)C(C)C(O)C(C)C=CC=C1C)O4)C2=O. The molecule has 51 heavy (non-hydrogen) atoms.